The van der Waals surface area contributed by atoms with Gasteiger partial charge in [-0.1, -0.05) is 44.5 Å². The van der Waals surface area contributed by atoms with E-state index in [0.717, 1.165) is 5.56 Å². The van der Waals surface area contributed by atoms with Crippen LogP contribution in [0.15, 0.2) is 36.4 Å². The number of nitrogens with zero attached hydrogens (tertiary/aromatic N) is 1. The average molecular weight is 534 g/mol. The van der Waals surface area contributed by atoms with Gasteiger partial charge in [0.2, 0.25) is 0 Å². The maximum absolute atomic E-state index is 12.0. The van der Waals surface area contributed by atoms with Gasteiger partial charge in [-0.3, -0.25) is 4.79 Å². The lowest BCUT2D eigenvalue weighted by Gasteiger charge is -2.39. The molecule has 0 spiro atoms. The lowest BCUT2D eigenvalue weighted by Crippen LogP contribution is -2.53. The van der Waals surface area contributed by atoms with E-state index in [1.807, 2.05) is 49.9 Å². The van der Waals surface area contributed by atoms with Gasteiger partial charge in [0.15, 0.2) is 17.7 Å². The molecule has 10 heteroatoms. The minimum Gasteiger partial charge on any atom is -0.486 e. The number of carboxylic acids is 1. The lowest BCUT2D eigenvalue weighted by molar-refractivity contribution is -0.246. The predicted octanol–water partition coefficient (Wildman–Crippen LogP) is 4.18. The van der Waals surface area contributed by atoms with Crippen molar-refractivity contribution in [3.05, 3.63) is 52.5 Å². The molecule has 9 nitrogen and oxygen atoms in total. The quantitative estimate of drug-likeness (QED) is 0.506. The largest absolute Gasteiger partial charge is 0.486 e. The number of benzene rings is 2. The summed E-state index contributed by atoms with van der Waals surface area (Å²) in [5, 5.41) is 21.1. The number of ether oxygens (including phenoxy) is 4. The van der Waals surface area contributed by atoms with E-state index in [1.165, 1.54) is 6.92 Å². The van der Waals surface area contributed by atoms with E-state index in [-0.39, 0.29) is 12.0 Å². The van der Waals surface area contributed by atoms with Gasteiger partial charge in [-0.25, -0.2) is 4.79 Å². The molecule has 2 aliphatic heterocycles. The van der Waals surface area contributed by atoms with E-state index in [2.05, 4.69) is 0 Å². The monoisotopic (exact) mass is 533 g/mol. The second kappa shape index (κ2) is 10.5. The zero-order valence-corrected chi connectivity index (χ0v) is 22.1. The number of halogens is 1. The summed E-state index contributed by atoms with van der Waals surface area (Å²) in [5.41, 5.74) is 1.87. The van der Waals surface area contributed by atoms with Crippen molar-refractivity contribution in [2.45, 2.75) is 52.2 Å². The Bertz CT molecular complexity index is 1180. The number of fused-ring (bicyclic) bond motifs is 2. The van der Waals surface area contributed by atoms with Crippen LogP contribution in [0.5, 0.6) is 11.5 Å². The third-order valence-electron chi connectivity index (χ3n) is 6.01. The molecule has 2 aromatic carbocycles. The third-order valence-corrected chi connectivity index (χ3v) is 6.25. The molecule has 0 bridgehead atoms. The molecule has 2 aromatic rings. The fraction of sp³-hybridized carbons (Fsp3) is 0.481. The van der Waals surface area contributed by atoms with Crippen molar-refractivity contribution in [2.75, 3.05) is 31.3 Å². The molecular formula is C27H32ClNO8. The third kappa shape index (κ3) is 6.01. The van der Waals surface area contributed by atoms with E-state index in [9.17, 15) is 19.8 Å². The molecule has 0 fully saturated rings. The van der Waals surface area contributed by atoms with Gasteiger partial charge in [0.1, 0.15) is 25.1 Å². The fourth-order valence-electron chi connectivity index (χ4n) is 4.60. The summed E-state index contributed by atoms with van der Waals surface area (Å²) in [5.74, 6) is -3.75. The average Bonchev–Trinajstić information content (AvgIpc) is 2.94. The maximum atomic E-state index is 12.0. The highest BCUT2D eigenvalue weighted by atomic mass is 35.5. The number of carbonyl (C=O) groups is 2. The van der Waals surface area contributed by atoms with Gasteiger partial charge in [0.25, 0.3) is 5.79 Å². The Labute approximate surface area is 220 Å². The number of rotatable bonds is 7. The Morgan fingerprint density at radius 1 is 1.14 bits per heavy atom. The Morgan fingerprint density at radius 2 is 1.86 bits per heavy atom. The molecule has 0 unspecified atom stereocenters. The lowest BCUT2D eigenvalue weighted by atomic mass is 9.94. The minimum absolute atomic E-state index is 0.120. The molecule has 200 valence electrons. The van der Waals surface area contributed by atoms with Crippen LogP contribution in [0.3, 0.4) is 0 Å². The van der Waals surface area contributed by atoms with E-state index >= 15 is 0 Å². The molecule has 2 aliphatic rings. The van der Waals surface area contributed by atoms with Crippen molar-refractivity contribution in [2.24, 2.45) is 5.41 Å². The first-order chi connectivity index (χ1) is 17.4. The first kappa shape index (κ1) is 27.2. The zero-order chi connectivity index (χ0) is 27.0. The summed E-state index contributed by atoms with van der Waals surface area (Å²) in [6, 6.07) is 10.9. The normalized spacial score (nSPS) is 21.0. The number of hydrogen-bond acceptors (Lipinski definition) is 8. The smallest absolute Gasteiger partial charge is 0.364 e. The number of hydrogen-bond donors (Lipinski definition) is 2. The second-order valence-electron chi connectivity index (χ2n) is 10.5. The van der Waals surface area contributed by atoms with Gasteiger partial charge in [0, 0.05) is 28.4 Å². The van der Waals surface area contributed by atoms with Crippen LogP contribution in [-0.4, -0.2) is 60.3 Å². The second-order valence-corrected chi connectivity index (χ2v) is 11.0. The summed E-state index contributed by atoms with van der Waals surface area (Å²) >= 11 is 6.43. The van der Waals surface area contributed by atoms with Gasteiger partial charge >= 0.3 is 5.97 Å². The van der Waals surface area contributed by atoms with Crippen LogP contribution >= 0.6 is 11.6 Å². The molecule has 3 atom stereocenters. The number of anilines is 1. The number of ketones is 1. The van der Waals surface area contributed by atoms with Crippen LogP contribution in [0, 0.1) is 5.41 Å². The Hall–Kier alpha value is -2.85. The molecular weight excluding hydrogens is 502 g/mol. The molecule has 0 radical (unpaired) electrons. The molecule has 37 heavy (non-hydrogen) atoms. The summed E-state index contributed by atoms with van der Waals surface area (Å²) in [4.78, 5) is 25.7. The number of aliphatic carboxylic acids is 1. The number of aliphatic hydroxyl groups is 1. The first-order valence-corrected chi connectivity index (χ1v) is 12.4. The van der Waals surface area contributed by atoms with Crippen LogP contribution < -0.4 is 14.4 Å². The molecule has 2 N–H and O–H groups in total. The van der Waals surface area contributed by atoms with Gasteiger partial charge in [-0.2, -0.15) is 0 Å². The van der Waals surface area contributed by atoms with Crippen molar-refractivity contribution >= 4 is 29.0 Å². The number of para-hydroxylation sites is 1. The van der Waals surface area contributed by atoms with Crippen LogP contribution in [0.25, 0.3) is 0 Å². The molecule has 4 rings (SSSR count). The van der Waals surface area contributed by atoms with E-state index in [4.69, 9.17) is 30.5 Å². The highest BCUT2D eigenvalue weighted by molar-refractivity contribution is 6.30. The molecule has 2 heterocycles. The Morgan fingerprint density at radius 3 is 2.54 bits per heavy atom. The van der Waals surface area contributed by atoms with Crippen LogP contribution in [-0.2, 0) is 19.1 Å². The number of Topliss-reactive ketones (excluding diaryl/α,β-unsaturated/α-hetero) is 1. The SMILES string of the molecule is CC(=O)C[C@](O)(O[C@@H]1CO[C@@H](c2cccc3c2OCCO3)c2cc(Cl)ccc2N1CC(C)(C)C)C(=O)O. The van der Waals surface area contributed by atoms with E-state index in [1.54, 1.807) is 12.1 Å². The summed E-state index contributed by atoms with van der Waals surface area (Å²) in [6.45, 7) is 8.40. The Balaban J connectivity index is 1.84. The molecule has 0 aliphatic carbocycles. The fourth-order valence-corrected chi connectivity index (χ4v) is 4.78. The summed E-state index contributed by atoms with van der Waals surface area (Å²) in [6.07, 6.45) is -2.41. The topological polar surface area (TPSA) is 115 Å². The van der Waals surface area contributed by atoms with Crippen molar-refractivity contribution in [3.63, 3.8) is 0 Å². The zero-order valence-electron chi connectivity index (χ0n) is 21.3. The first-order valence-electron chi connectivity index (χ1n) is 12.1. The molecule has 0 aromatic heterocycles. The summed E-state index contributed by atoms with van der Waals surface area (Å²) in [7, 11) is 0. The van der Waals surface area contributed by atoms with E-state index in [0.29, 0.717) is 47.5 Å². The minimum atomic E-state index is -2.73. The summed E-state index contributed by atoms with van der Waals surface area (Å²) < 4.78 is 23.9. The number of carbonyl (C=O) groups excluding carboxylic acids is 1. The highest BCUT2D eigenvalue weighted by Gasteiger charge is 2.45. The van der Waals surface area contributed by atoms with Crippen LogP contribution in [0.2, 0.25) is 5.02 Å². The standard InChI is InChI=1S/C27H32ClNO8/c1-16(30)13-27(33,25(31)32)37-22-14-36-23(18-6-5-7-21-24(18)35-11-10-34-21)19-12-17(28)8-9-20(19)29(22)15-26(2,3)4/h5-9,12,22-23,33H,10-11,13-15H2,1-4H3,(H,31,32)/t22-,23+,27+/m1/s1. The molecule has 0 saturated carbocycles. The molecule has 0 amide bonds. The van der Waals surface area contributed by atoms with Gasteiger partial charge < -0.3 is 34.1 Å². The van der Waals surface area contributed by atoms with E-state index < -0.39 is 36.3 Å². The number of carboxylic acid groups (broad SMARTS) is 1. The van der Waals surface area contributed by atoms with Crippen LogP contribution in [0.4, 0.5) is 5.69 Å². The van der Waals surface area contributed by atoms with Crippen molar-refractivity contribution < 1.29 is 38.7 Å². The van der Waals surface area contributed by atoms with Gasteiger partial charge in [-0.15, -0.1) is 0 Å². The van der Waals surface area contributed by atoms with Crippen molar-refractivity contribution in [1.82, 2.24) is 0 Å². The maximum Gasteiger partial charge on any atom is 0.364 e. The van der Waals surface area contributed by atoms with Crippen molar-refractivity contribution in [1.29, 1.82) is 0 Å². The molecule has 0 saturated heterocycles. The van der Waals surface area contributed by atoms with Crippen molar-refractivity contribution in [3.8, 4) is 11.5 Å². The van der Waals surface area contributed by atoms with Gasteiger partial charge in [0.05, 0.1) is 13.0 Å². The highest BCUT2D eigenvalue weighted by Crippen LogP contribution is 2.46. The predicted molar refractivity (Wildman–Crippen MR) is 136 cm³/mol. The van der Waals surface area contributed by atoms with Gasteiger partial charge in [-0.05, 0) is 36.6 Å². The Kier molecular flexibility index (Phi) is 7.71. The van der Waals surface area contributed by atoms with Crippen LogP contribution in [0.1, 0.15) is 51.3 Å².